The van der Waals surface area contributed by atoms with Crippen LogP contribution in [0, 0.1) is 35.5 Å². The molecule has 0 N–H and O–H groups in total. The van der Waals surface area contributed by atoms with Crippen molar-refractivity contribution >= 4 is 17.5 Å². The van der Waals surface area contributed by atoms with Gasteiger partial charge in [-0.05, 0) is 60.8 Å². The molecule has 0 aromatic heterocycles. The molecule has 0 spiro atoms. The van der Waals surface area contributed by atoms with Crippen LogP contribution < -0.4 is 9.64 Å². The first-order valence-corrected chi connectivity index (χ1v) is 8.99. The van der Waals surface area contributed by atoms with Gasteiger partial charge in [-0.15, -0.1) is 0 Å². The Hall–Kier alpha value is -2.10. The summed E-state index contributed by atoms with van der Waals surface area (Å²) in [5.41, 5.74) is 0.677. The van der Waals surface area contributed by atoms with E-state index >= 15 is 0 Å². The first-order valence-electron chi connectivity index (χ1n) is 8.99. The van der Waals surface area contributed by atoms with Crippen LogP contribution in [0.5, 0.6) is 5.75 Å². The molecule has 4 nitrogen and oxygen atoms in total. The first-order chi connectivity index (χ1) is 11.7. The summed E-state index contributed by atoms with van der Waals surface area (Å²) in [6, 6.07) is 7.35. The standard InChI is InChI=1S/C20H21NO3/c1-2-9-24-12-5-3-11(4-6-12)21-19(22)17-13-7-8-14(16-10-15(13)16)18(17)20(21)23/h3-8,13-18H,2,9-10H2,1H3/t13-,14-,15-,16+,17-,18+/m0/s1. The van der Waals surface area contributed by atoms with Crippen molar-refractivity contribution in [1.82, 2.24) is 0 Å². The summed E-state index contributed by atoms with van der Waals surface area (Å²) in [6.45, 7) is 2.73. The number of ether oxygens (including phenoxy) is 1. The zero-order valence-corrected chi connectivity index (χ0v) is 13.7. The third-order valence-corrected chi connectivity index (χ3v) is 6.23. The molecule has 1 aromatic rings. The summed E-state index contributed by atoms with van der Waals surface area (Å²) in [6.07, 6.45) is 6.55. The zero-order chi connectivity index (χ0) is 16.4. The van der Waals surface area contributed by atoms with Crippen molar-refractivity contribution < 1.29 is 14.3 Å². The predicted molar refractivity (Wildman–Crippen MR) is 89.4 cm³/mol. The molecule has 5 aliphatic rings. The van der Waals surface area contributed by atoms with Gasteiger partial charge in [-0.1, -0.05) is 19.1 Å². The lowest BCUT2D eigenvalue weighted by atomic mass is 9.63. The Labute approximate surface area is 141 Å². The number of anilines is 1. The Morgan fingerprint density at radius 2 is 1.58 bits per heavy atom. The zero-order valence-electron chi connectivity index (χ0n) is 13.7. The van der Waals surface area contributed by atoms with Gasteiger partial charge in [-0.3, -0.25) is 14.5 Å². The third kappa shape index (κ3) is 1.80. The van der Waals surface area contributed by atoms with E-state index in [4.69, 9.17) is 4.74 Å². The molecule has 3 fully saturated rings. The van der Waals surface area contributed by atoms with Gasteiger partial charge >= 0.3 is 0 Å². The van der Waals surface area contributed by atoms with Crippen molar-refractivity contribution in [2.24, 2.45) is 35.5 Å². The summed E-state index contributed by atoms with van der Waals surface area (Å²) >= 11 is 0. The first kappa shape index (κ1) is 14.3. The van der Waals surface area contributed by atoms with E-state index in [-0.39, 0.29) is 35.5 Å². The summed E-state index contributed by atoms with van der Waals surface area (Å²) < 4.78 is 5.59. The van der Waals surface area contributed by atoms with Crippen molar-refractivity contribution in [3.8, 4) is 5.75 Å². The largest absolute Gasteiger partial charge is 0.494 e. The molecule has 2 amide bonds. The van der Waals surface area contributed by atoms with Crippen LogP contribution in [-0.4, -0.2) is 18.4 Å². The van der Waals surface area contributed by atoms with Crippen molar-refractivity contribution in [3.63, 3.8) is 0 Å². The van der Waals surface area contributed by atoms with Gasteiger partial charge < -0.3 is 4.74 Å². The number of nitrogens with zero attached hydrogens (tertiary/aromatic N) is 1. The van der Waals surface area contributed by atoms with Gasteiger partial charge in [-0.25, -0.2) is 0 Å². The van der Waals surface area contributed by atoms with Crippen LogP contribution in [-0.2, 0) is 9.59 Å². The molecule has 0 radical (unpaired) electrons. The summed E-state index contributed by atoms with van der Waals surface area (Å²) in [5.74, 6) is 2.34. The molecule has 4 heteroatoms. The van der Waals surface area contributed by atoms with Crippen LogP contribution in [0.2, 0.25) is 0 Å². The average Bonchev–Trinajstić information content (AvgIpc) is 3.38. The molecule has 0 unspecified atom stereocenters. The van der Waals surface area contributed by atoms with E-state index < -0.39 is 0 Å². The maximum absolute atomic E-state index is 13.0. The number of benzene rings is 1. The molecular formula is C20H21NO3. The lowest BCUT2D eigenvalue weighted by Gasteiger charge is -2.37. The van der Waals surface area contributed by atoms with Crippen LogP contribution in [0.1, 0.15) is 19.8 Å². The number of amides is 2. The topological polar surface area (TPSA) is 46.6 Å². The van der Waals surface area contributed by atoms with Gasteiger partial charge in [0.25, 0.3) is 0 Å². The average molecular weight is 323 g/mol. The molecule has 24 heavy (non-hydrogen) atoms. The number of hydrogen-bond acceptors (Lipinski definition) is 3. The predicted octanol–water partition coefficient (Wildman–Crippen LogP) is 3.03. The number of carbonyl (C=O) groups excluding carboxylic acids is 2. The Kier molecular flexibility index (Phi) is 2.94. The number of imide groups is 1. The Balaban J connectivity index is 1.44. The van der Waals surface area contributed by atoms with Gasteiger partial charge in [0.15, 0.2) is 0 Å². The maximum Gasteiger partial charge on any atom is 0.238 e. The van der Waals surface area contributed by atoms with Crippen LogP contribution >= 0.6 is 0 Å². The molecular weight excluding hydrogens is 302 g/mol. The fraction of sp³-hybridized carbons (Fsp3) is 0.500. The van der Waals surface area contributed by atoms with Crippen LogP contribution in [0.15, 0.2) is 36.4 Å². The molecule has 1 saturated heterocycles. The van der Waals surface area contributed by atoms with E-state index in [0.29, 0.717) is 24.1 Å². The maximum atomic E-state index is 13.0. The number of allylic oxidation sites excluding steroid dienone is 2. The molecule has 1 heterocycles. The lowest BCUT2D eigenvalue weighted by Crippen LogP contribution is -2.40. The Morgan fingerprint density at radius 1 is 1.00 bits per heavy atom. The van der Waals surface area contributed by atoms with Crippen molar-refractivity contribution in [2.45, 2.75) is 19.8 Å². The normalized spacial score (nSPS) is 38.3. The monoisotopic (exact) mass is 323 g/mol. The second kappa shape index (κ2) is 4.95. The molecule has 1 aromatic carbocycles. The van der Waals surface area contributed by atoms with Gasteiger partial charge in [0.2, 0.25) is 11.8 Å². The highest BCUT2D eigenvalue weighted by Crippen LogP contribution is 2.65. The van der Waals surface area contributed by atoms with Gasteiger partial charge in [-0.2, -0.15) is 0 Å². The minimum absolute atomic E-state index is 0.00285. The molecule has 1 aliphatic heterocycles. The van der Waals surface area contributed by atoms with Gasteiger partial charge in [0.1, 0.15) is 5.75 Å². The van der Waals surface area contributed by atoms with E-state index in [1.54, 1.807) is 0 Å². The van der Waals surface area contributed by atoms with Crippen LogP contribution in [0.25, 0.3) is 0 Å². The quantitative estimate of drug-likeness (QED) is 0.632. The highest BCUT2D eigenvalue weighted by atomic mass is 16.5. The lowest BCUT2D eigenvalue weighted by molar-refractivity contribution is -0.124. The molecule has 2 bridgehead atoms. The fourth-order valence-electron chi connectivity index (χ4n) is 5.12. The number of carbonyl (C=O) groups is 2. The van der Waals surface area contributed by atoms with Gasteiger partial charge in [0, 0.05) is 0 Å². The fourth-order valence-corrected chi connectivity index (χ4v) is 5.12. The van der Waals surface area contributed by atoms with Gasteiger partial charge in [0.05, 0.1) is 24.1 Å². The number of rotatable bonds is 4. The van der Waals surface area contributed by atoms with E-state index in [1.165, 1.54) is 11.3 Å². The molecule has 6 atom stereocenters. The molecule has 124 valence electrons. The third-order valence-electron chi connectivity index (χ3n) is 6.23. The van der Waals surface area contributed by atoms with Crippen molar-refractivity contribution in [1.29, 1.82) is 0 Å². The summed E-state index contributed by atoms with van der Waals surface area (Å²) in [5, 5.41) is 0. The molecule has 6 rings (SSSR count). The van der Waals surface area contributed by atoms with Crippen molar-refractivity contribution in [2.75, 3.05) is 11.5 Å². The summed E-state index contributed by atoms with van der Waals surface area (Å²) in [4.78, 5) is 27.4. The van der Waals surface area contributed by atoms with Crippen LogP contribution in [0.3, 0.4) is 0 Å². The number of hydrogen-bond donors (Lipinski definition) is 0. The SMILES string of the molecule is CCCOc1ccc(N2C(=O)[C@@H]3[C@H]4C=C[C@@H]([C@@H]5C[C@H]45)[C@@H]3C2=O)cc1. The van der Waals surface area contributed by atoms with E-state index in [9.17, 15) is 9.59 Å². The Morgan fingerprint density at radius 3 is 2.12 bits per heavy atom. The van der Waals surface area contributed by atoms with E-state index in [2.05, 4.69) is 19.1 Å². The highest BCUT2D eigenvalue weighted by Gasteiger charge is 2.67. The minimum Gasteiger partial charge on any atom is -0.494 e. The minimum atomic E-state index is -0.132. The smallest absolute Gasteiger partial charge is 0.238 e. The van der Waals surface area contributed by atoms with Crippen LogP contribution in [0.4, 0.5) is 5.69 Å². The Bertz CT molecular complexity index is 702. The van der Waals surface area contributed by atoms with Crippen molar-refractivity contribution in [3.05, 3.63) is 36.4 Å². The van der Waals surface area contributed by atoms with E-state index in [1.807, 2.05) is 24.3 Å². The van der Waals surface area contributed by atoms with E-state index in [0.717, 1.165) is 12.2 Å². The second-order valence-electron chi connectivity index (χ2n) is 7.51. The molecule has 4 aliphatic carbocycles. The molecule has 2 saturated carbocycles. The summed E-state index contributed by atoms with van der Waals surface area (Å²) in [7, 11) is 0. The highest BCUT2D eigenvalue weighted by molar-refractivity contribution is 6.22. The second-order valence-corrected chi connectivity index (χ2v) is 7.51.